The molecular weight excluding hydrogens is 825 g/mol. The van der Waals surface area contributed by atoms with Crippen molar-refractivity contribution in [2.45, 2.75) is 72.6 Å². The molecule has 0 aliphatic carbocycles. The summed E-state index contributed by atoms with van der Waals surface area (Å²) in [5.74, 6) is 1.95. The van der Waals surface area contributed by atoms with E-state index in [9.17, 15) is 21.9 Å². The van der Waals surface area contributed by atoms with Gasteiger partial charge in [0.15, 0.2) is 19.7 Å². The Hall–Kier alpha value is -5.20. The molecule has 0 amide bonds. The molecular formula is C42H44N8O5S4. The van der Waals surface area contributed by atoms with Gasteiger partial charge in [0.25, 0.3) is 0 Å². The third-order valence-corrected chi connectivity index (χ3v) is 16.6. The van der Waals surface area contributed by atoms with Crippen molar-refractivity contribution in [2.24, 2.45) is 0 Å². The average Bonchev–Trinajstić information content (AvgIpc) is 3.85. The van der Waals surface area contributed by atoms with Gasteiger partial charge in [-0.1, -0.05) is 12.2 Å². The zero-order chi connectivity index (χ0) is 42.3. The molecule has 1 aliphatic heterocycles. The number of sulfone groups is 2. The van der Waals surface area contributed by atoms with E-state index >= 15 is 0 Å². The summed E-state index contributed by atoms with van der Waals surface area (Å²) in [6, 6.07) is 18.7. The van der Waals surface area contributed by atoms with Crippen LogP contribution in [0.25, 0.3) is 38.1 Å². The maximum absolute atomic E-state index is 13.3. The van der Waals surface area contributed by atoms with Gasteiger partial charge in [0.05, 0.1) is 64.2 Å². The monoisotopic (exact) mass is 868 g/mol. The van der Waals surface area contributed by atoms with Crippen LogP contribution in [0.2, 0.25) is 0 Å². The Labute approximate surface area is 351 Å². The number of fused-ring (bicyclic) bond motifs is 4. The molecule has 4 heterocycles. The Morgan fingerprint density at radius 1 is 0.729 bits per heavy atom. The maximum Gasteiger partial charge on any atom is 0.183 e. The molecule has 306 valence electrons. The molecule has 1 aliphatic rings. The van der Waals surface area contributed by atoms with Crippen molar-refractivity contribution < 1.29 is 21.9 Å². The Morgan fingerprint density at radius 2 is 1.32 bits per heavy atom. The fraction of sp³-hybridized carbons (Fsp3) is 0.262. The molecule has 0 fully saturated rings. The smallest absolute Gasteiger partial charge is 0.183 e. The fourth-order valence-corrected chi connectivity index (χ4v) is 10.5. The van der Waals surface area contributed by atoms with Crippen molar-refractivity contribution in [2.75, 3.05) is 28.4 Å². The molecule has 3 aromatic heterocycles. The molecule has 17 heteroatoms. The zero-order valence-electron chi connectivity index (χ0n) is 33.5. The van der Waals surface area contributed by atoms with Gasteiger partial charge in [0.2, 0.25) is 0 Å². The Morgan fingerprint density at radius 3 is 1.97 bits per heavy atom. The van der Waals surface area contributed by atoms with Gasteiger partial charge in [0, 0.05) is 27.0 Å². The Bertz CT molecular complexity index is 2990. The van der Waals surface area contributed by atoms with Crippen LogP contribution in [0.4, 0.5) is 28.7 Å². The highest BCUT2D eigenvalue weighted by Crippen LogP contribution is 2.38. The van der Waals surface area contributed by atoms with Crippen LogP contribution in [0, 0.1) is 6.92 Å². The largest absolute Gasteiger partial charge is 0.392 e. The van der Waals surface area contributed by atoms with Crippen molar-refractivity contribution in [1.82, 2.24) is 24.9 Å². The number of thioether (sulfide) groups is 1. The predicted octanol–water partition coefficient (Wildman–Crippen LogP) is 9.29. The van der Waals surface area contributed by atoms with Crippen LogP contribution >= 0.6 is 23.1 Å². The van der Waals surface area contributed by atoms with Gasteiger partial charge in [-0.2, -0.15) is 0 Å². The lowest BCUT2D eigenvalue weighted by molar-refractivity contribution is 0.343. The number of aromatic nitrogens is 5. The first-order valence-electron chi connectivity index (χ1n) is 18.6. The number of hydrogen-bond donors (Lipinski definition) is 4. The lowest BCUT2D eigenvalue weighted by atomic mass is 10.1. The van der Waals surface area contributed by atoms with E-state index in [0.717, 1.165) is 33.2 Å². The second-order valence-electron chi connectivity index (χ2n) is 15.8. The van der Waals surface area contributed by atoms with E-state index in [1.807, 2.05) is 36.4 Å². The quantitative estimate of drug-likeness (QED) is 0.113. The Kier molecular flexibility index (Phi) is 11.4. The van der Waals surface area contributed by atoms with Crippen LogP contribution in [-0.4, -0.2) is 68.8 Å². The van der Waals surface area contributed by atoms with Crippen molar-refractivity contribution in [3.05, 3.63) is 96.0 Å². The third kappa shape index (κ3) is 8.47. The van der Waals surface area contributed by atoms with Crippen molar-refractivity contribution in [1.29, 1.82) is 0 Å². The maximum atomic E-state index is 13.3. The average molecular weight is 869 g/mol. The molecule has 0 spiro atoms. The van der Waals surface area contributed by atoms with Crippen LogP contribution < -0.4 is 16.0 Å². The summed E-state index contributed by atoms with van der Waals surface area (Å²) < 4.78 is 51.9. The SMILES string of the molecule is CC(C)(C)S(=O)(=O)c1cc2c(Nc3ccc4scnc4c3)ncnc2cc1/C=C/CO.Cc1cc2ncnc(Nc3ccc4c(c3)NCS4)c2cc1S(=O)(=O)C(C)(C)C. The highest BCUT2D eigenvalue weighted by Gasteiger charge is 2.34. The number of aliphatic hydroxyl groups excluding tert-OH is 1. The minimum absolute atomic E-state index is 0.171. The number of anilines is 5. The van der Waals surface area contributed by atoms with E-state index in [0.29, 0.717) is 49.5 Å². The van der Waals surface area contributed by atoms with Crippen LogP contribution in [0.15, 0.2) is 99.6 Å². The van der Waals surface area contributed by atoms with Gasteiger partial charge in [-0.25, -0.2) is 41.8 Å². The number of aryl methyl sites for hydroxylation is 1. The number of benzene rings is 4. The minimum Gasteiger partial charge on any atom is -0.392 e. The van der Waals surface area contributed by atoms with Gasteiger partial charge < -0.3 is 21.1 Å². The summed E-state index contributed by atoms with van der Waals surface area (Å²) in [5.41, 5.74) is 7.89. The van der Waals surface area contributed by atoms with Gasteiger partial charge in [0.1, 0.15) is 24.3 Å². The van der Waals surface area contributed by atoms with Gasteiger partial charge in [-0.15, -0.1) is 23.1 Å². The second kappa shape index (κ2) is 16.1. The number of hydrogen-bond acceptors (Lipinski definition) is 15. The normalized spacial score (nSPS) is 13.4. The number of nitrogens with one attached hydrogen (secondary N) is 3. The first-order valence-corrected chi connectivity index (χ1v) is 23.4. The first-order chi connectivity index (χ1) is 27.9. The summed E-state index contributed by atoms with van der Waals surface area (Å²) in [6.45, 7) is 11.7. The molecule has 13 nitrogen and oxygen atoms in total. The van der Waals surface area contributed by atoms with Gasteiger partial charge in [-0.05, 0) is 120 Å². The van der Waals surface area contributed by atoms with Gasteiger partial charge in [-0.3, -0.25) is 0 Å². The highest BCUT2D eigenvalue weighted by atomic mass is 32.2. The Balaban J connectivity index is 0.000000180. The van der Waals surface area contributed by atoms with E-state index < -0.39 is 29.2 Å². The van der Waals surface area contributed by atoms with E-state index in [1.54, 1.807) is 101 Å². The molecule has 4 aromatic carbocycles. The number of thiazole rings is 1. The topological polar surface area (TPSA) is 189 Å². The molecule has 0 saturated heterocycles. The molecule has 0 bridgehead atoms. The number of rotatable bonds is 8. The standard InChI is InChI=1S/C22H22N4O3S2.C20H22N4O2S2/c1-22(2,3)31(28,29)20-11-16-17(9-14(20)5-4-8-27)23-12-24-21(16)26-15-6-7-19-18(10-15)25-13-30-19;1-12-7-15-14(9-18(12)28(25,26)20(2,3)4)19(22-10-21-15)24-13-5-6-17-16(8-13)23-11-27-17/h4-7,9-13,27H,8H2,1-3H3,(H,23,24,26);5-10,23H,11H2,1-4H3,(H,21,22,24)/b5-4+;. The van der Waals surface area contributed by atoms with E-state index in [2.05, 4.69) is 46.9 Å². The number of nitrogens with zero attached hydrogens (tertiary/aromatic N) is 5. The van der Waals surface area contributed by atoms with Crippen LogP contribution in [0.3, 0.4) is 0 Å². The van der Waals surface area contributed by atoms with E-state index in [1.165, 1.54) is 23.6 Å². The van der Waals surface area contributed by atoms with Crippen molar-refractivity contribution in [3.63, 3.8) is 0 Å². The summed E-state index contributed by atoms with van der Waals surface area (Å²) in [6.07, 6.45) is 6.03. The van der Waals surface area contributed by atoms with E-state index in [4.69, 9.17) is 0 Å². The molecule has 8 rings (SSSR count). The van der Waals surface area contributed by atoms with Gasteiger partial charge >= 0.3 is 0 Å². The molecule has 0 unspecified atom stereocenters. The summed E-state index contributed by atoms with van der Waals surface area (Å²) >= 11 is 3.33. The molecule has 0 radical (unpaired) electrons. The highest BCUT2D eigenvalue weighted by molar-refractivity contribution is 7.99. The summed E-state index contributed by atoms with van der Waals surface area (Å²) in [4.78, 5) is 23.4. The summed E-state index contributed by atoms with van der Waals surface area (Å²) in [7, 11) is -7.16. The lowest BCUT2D eigenvalue weighted by Crippen LogP contribution is -2.28. The predicted molar refractivity (Wildman–Crippen MR) is 241 cm³/mol. The lowest BCUT2D eigenvalue weighted by Gasteiger charge is -2.21. The second-order valence-corrected chi connectivity index (χ2v) is 23.0. The summed E-state index contributed by atoms with van der Waals surface area (Å²) in [5, 5.41) is 20.4. The molecule has 4 N–H and O–H groups in total. The third-order valence-electron chi connectivity index (χ3n) is 9.62. The minimum atomic E-state index is -3.66. The first kappa shape index (κ1) is 41.9. The van der Waals surface area contributed by atoms with Crippen molar-refractivity contribution in [3.8, 4) is 0 Å². The molecule has 59 heavy (non-hydrogen) atoms. The van der Waals surface area contributed by atoms with E-state index in [-0.39, 0.29) is 11.5 Å². The molecule has 0 atom stereocenters. The van der Waals surface area contributed by atoms with Crippen LogP contribution in [0.5, 0.6) is 0 Å². The van der Waals surface area contributed by atoms with Crippen LogP contribution in [-0.2, 0) is 19.7 Å². The molecule has 0 saturated carbocycles. The zero-order valence-corrected chi connectivity index (χ0v) is 36.8. The van der Waals surface area contributed by atoms with Crippen LogP contribution in [0.1, 0.15) is 52.7 Å². The number of aliphatic hydroxyl groups is 1. The molecule has 7 aromatic rings. The fourth-order valence-electron chi connectivity index (χ4n) is 6.25. The van der Waals surface area contributed by atoms with Crippen molar-refractivity contribution >= 4 is 110 Å².